The molecule has 0 N–H and O–H groups in total. The lowest BCUT2D eigenvalue weighted by molar-refractivity contribution is 0.124. The van der Waals surface area contributed by atoms with E-state index < -0.39 is 0 Å². The van der Waals surface area contributed by atoms with Crippen molar-refractivity contribution in [2.45, 2.75) is 32.1 Å². The van der Waals surface area contributed by atoms with Crippen LogP contribution in [0, 0.1) is 23.7 Å². The third-order valence-electron chi connectivity index (χ3n) is 6.02. The maximum absolute atomic E-state index is 4.40. The van der Waals surface area contributed by atoms with Crippen LogP contribution in [-0.2, 0) is 0 Å². The van der Waals surface area contributed by atoms with Gasteiger partial charge in [-0.3, -0.25) is 0 Å². The third kappa shape index (κ3) is 3.86. The van der Waals surface area contributed by atoms with Crippen LogP contribution in [0.15, 0.2) is 61.2 Å². The highest BCUT2D eigenvalue weighted by Crippen LogP contribution is 2.38. The van der Waals surface area contributed by atoms with Crippen molar-refractivity contribution in [2.75, 3.05) is 13.1 Å². The van der Waals surface area contributed by atoms with Gasteiger partial charge < -0.3 is 4.90 Å². The van der Waals surface area contributed by atoms with Gasteiger partial charge in [0.05, 0.1) is 0 Å². The quantitative estimate of drug-likeness (QED) is 0.646. The van der Waals surface area contributed by atoms with Crippen molar-refractivity contribution in [2.24, 2.45) is 11.8 Å². The Hall–Kier alpha value is -2.46. The molecule has 2 aliphatic rings. The van der Waals surface area contributed by atoms with Crippen molar-refractivity contribution in [3.8, 4) is 11.8 Å². The van der Waals surface area contributed by atoms with Gasteiger partial charge in [-0.1, -0.05) is 68.0 Å². The highest BCUT2D eigenvalue weighted by atomic mass is 15.1. The SMILES string of the molecule is C=C(c1ccc(C#Cc2ccccc2)cc1)N1CCC2CCCCC2C1. The zero-order valence-electron chi connectivity index (χ0n) is 15.5. The average molecular weight is 341 g/mol. The molecule has 1 heteroatoms. The van der Waals surface area contributed by atoms with Crippen LogP contribution in [0.4, 0.5) is 0 Å². The molecule has 2 aromatic rings. The molecule has 2 unspecified atom stereocenters. The van der Waals surface area contributed by atoms with Crippen molar-refractivity contribution in [3.05, 3.63) is 77.9 Å². The first-order chi connectivity index (χ1) is 12.8. The van der Waals surface area contributed by atoms with Crippen LogP contribution < -0.4 is 0 Å². The van der Waals surface area contributed by atoms with Gasteiger partial charge in [0.15, 0.2) is 0 Å². The molecule has 2 fully saturated rings. The second-order valence-electron chi connectivity index (χ2n) is 7.68. The molecule has 0 radical (unpaired) electrons. The van der Waals surface area contributed by atoms with Crippen molar-refractivity contribution in [1.82, 2.24) is 4.90 Å². The van der Waals surface area contributed by atoms with Crippen LogP contribution >= 0.6 is 0 Å². The highest BCUT2D eigenvalue weighted by molar-refractivity contribution is 5.63. The van der Waals surface area contributed by atoms with E-state index >= 15 is 0 Å². The normalized spacial score (nSPS) is 22.1. The molecule has 1 aliphatic carbocycles. The van der Waals surface area contributed by atoms with Crippen molar-refractivity contribution >= 4 is 5.70 Å². The van der Waals surface area contributed by atoms with Gasteiger partial charge in [-0.15, -0.1) is 0 Å². The van der Waals surface area contributed by atoms with E-state index in [0.29, 0.717) is 0 Å². The van der Waals surface area contributed by atoms with Gasteiger partial charge in [0.25, 0.3) is 0 Å². The van der Waals surface area contributed by atoms with Gasteiger partial charge in [-0.25, -0.2) is 0 Å². The highest BCUT2D eigenvalue weighted by Gasteiger charge is 2.31. The van der Waals surface area contributed by atoms with Crippen LogP contribution in [0.2, 0.25) is 0 Å². The first-order valence-electron chi connectivity index (χ1n) is 9.91. The molecule has 1 nitrogen and oxygen atoms in total. The summed E-state index contributed by atoms with van der Waals surface area (Å²) in [7, 11) is 0. The molecule has 4 rings (SSSR count). The van der Waals surface area contributed by atoms with Gasteiger partial charge in [-0.2, -0.15) is 0 Å². The molecule has 1 aliphatic heterocycles. The van der Waals surface area contributed by atoms with Gasteiger partial charge in [0, 0.05) is 29.9 Å². The van der Waals surface area contributed by atoms with Gasteiger partial charge >= 0.3 is 0 Å². The molecule has 1 heterocycles. The number of hydrogen-bond donors (Lipinski definition) is 0. The number of likely N-dealkylation sites (tertiary alicyclic amines) is 1. The standard InChI is InChI=1S/C25H27N/c1-20(26-18-17-24-9-5-6-10-25(24)19-26)23-15-13-22(14-16-23)12-11-21-7-3-2-4-8-21/h2-4,7-8,13-16,24-25H,1,5-6,9-10,17-19H2. The summed E-state index contributed by atoms with van der Waals surface area (Å²) < 4.78 is 0. The Morgan fingerprint density at radius 1 is 0.808 bits per heavy atom. The zero-order valence-corrected chi connectivity index (χ0v) is 15.5. The van der Waals surface area contributed by atoms with Gasteiger partial charge in [0.2, 0.25) is 0 Å². The molecule has 0 aromatic heterocycles. The first kappa shape index (κ1) is 17.0. The van der Waals surface area contributed by atoms with Crippen LogP contribution in [0.1, 0.15) is 48.8 Å². The second kappa shape index (κ2) is 7.83. The van der Waals surface area contributed by atoms with Crippen LogP contribution in [-0.4, -0.2) is 18.0 Å². The van der Waals surface area contributed by atoms with E-state index in [0.717, 1.165) is 29.5 Å². The molecule has 26 heavy (non-hydrogen) atoms. The summed E-state index contributed by atoms with van der Waals surface area (Å²) >= 11 is 0. The fourth-order valence-electron chi connectivity index (χ4n) is 4.44. The van der Waals surface area contributed by atoms with Crippen molar-refractivity contribution in [3.63, 3.8) is 0 Å². The number of piperidine rings is 1. The Labute approximate surface area is 157 Å². The summed E-state index contributed by atoms with van der Waals surface area (Å²) in [5.74, 6) is 8.31. The zero-order chi connectivity index (χ0) is 17.8. The Kier molecular flexibility index (Phi) is 5.12. The lowest BCUT2D eigenvalue weighted by Gasteiger charge is -2.43. The molecular formula is C25H27N. The largest absolute Gasteiger partial charge is 0.371 e. The predicted molar refractivity (Wildman–Crippen MR) is 110 cm³/mol. The number of hydrogen-bond acceptors (Lipinski definition) is 1. The molecule has 1 saturated heterocycles. The Morgan fingerprint density at radius 3 is 2.19 bits per heavy atom. The monoisotopic (exact) mass is 341 g/mol. The Bertz CT molecular complexity index is 807. The smallest absolute Gasteiger partial charge is 0.0366 e. The van der Waals surface area contributed by atoms with E-state index in [-0.39, 0.29) is 0 Å². The topological polar surface area (TPSA) is 3.24 Å². The van der Waals surface area contributed by atoms with E-state index in [1.165, 1.54) is 49.9 Å². The van der Waals surface area contributed by atoms with E-state index in [1.54, 1.807) is 0 Å². The summed E-state index contributed by atoms with van der Waals surface area (Å²) in [6.07, 6.45) is 7.04. The van der Waals surface area contributed by atoms with Crippen molar-refractivity contribution in [1.29, 1.82) is 0 Å². The Balaban J connectivity index is 1.42. The van der Waals surface area contributed by atoms with Crippen LogP contribution in [0.5, 0.6) is 0 Å². The molecule has 1 saturated carbocycles. The summed E-state index contributed by atoms with van der Waals surface area (Å²) in [6.45, 7) is 6.76. The van der Waals surface area contributed by atoms with Gasteiger partial charge in [0.1, 0.15) is 0 Å². The maximum atomic E-state index is 4.40. The van der Waals surface area contributed by atoms with Crippen LogP contribution in [0.25, 0.3) is 5.70 Å². The maximum Gasteiger partial charge on any atom is 0.0366 e. The molecule has 0 spiro atoms. The molecule has 132 valence electrons. The molecule has 0 bridgehead atoms. The minimum Gasteiger partial charge on any atom is -0.371 e. The molecule has 2 aromatic carbocycles. The lowest BCUT2D eigenvalue weighted by Crippen LogP contribution is -2.40. The van der Waals surface area contributed by atoms with Crippen LogP contribution in [0.3, 0.4) is 0 Å². The van der Waals surface area contributed by atoms with Gasteiger partial charge in [-0.05, 0) is 54.5 Å². The minimum absolute atomic E-state index is 0.880. The number of rotatable bonds is 2. The van der Waals surface area contributed by atoms with E-state index in [1.807, 2.05) is 30.3 Å². The lowest BCUT2D eigenvalue weighted by atomic mass is 9.75. The summed E-state index contributed by atoms with van der Waals surface area (Å²) in [6, 6.07) is 18.7. The molecular weight excluding hydrogens is 314 g/mol. The van der Waals surface area contributed by atoms with E-state index in [2.05, 4.69) is 47.6 Å². The average Bonchev–Trinajstić information content (AvgIpc) is 2.72. The summed E-state index contributed by atoms with van der Waals surface area (Å²) in [5, 5.41) is 0. The fraction of sp³-hybridized carbons (Fsp3) is 0.360. The summed E-state index contributed by atoms with van der Waals surface area (Å²) in [4.78, 5) is 2.51. The van der Waals surface area contributed by atoms with E-state index in [9.17, 15) is 0 Å². The Morgan fingerprint density at radius 2 is 1.46 bits per heavy atom. The third-order valence-corrected chi connectivity index (χ3v) is 6.02. The number of benzene rings is 2. The predicted octanol–water partition coefficient (Wildman–Crippen LogP) is 5.57. The number of fused-ring (bicyclic) bond motifs is 1. The molecule has 0 amide bonds. The fourth-order valence-corrected chi connectivity index (χ4v) is 4.44. The molecule has 2 atom stereocenters. The first-order valence-corrected chi connectivity index (χ1v) is 9.91. The van der Waals surface area contributed by atoms with Crippen molar-refractivity contribution < 1.29 is 0 Å². The number of nitrogens with zero attached hydrogens (tertiary/aromatic N) is 1. The van der Waals surface area contributed by atoms with E-state index in [4.69, 9.17) is 0 Å². The summed E-state index contributed by atoms with van der Waals surface area (Å²) in [5.41, 5.74) is 4.51. The minimum atomic E-state index is 0.880. The second-order valence-corrected chi connectivity index (χ2v) is 7.68.